The molecule has 0 amide bonds. The molecule has 1 atom stereocenters. The molecule has 1 N–H and O–H groups in total. The van der Waals surface area contributed by atoms with Crippen LogP contribution in [0.5, 0.6) is 5.75 Å². The topological polar surface area (TPSA) is 133 Å². The second kappa shape index (κ2) is 9.71. The molecule has 0 aromatic carbocycles. The number of allylic oxidation sites excluding steroid dienone is 1. The Morgan fingerprint density at radius 2 is 1.50 bits per heavy atom. The number of H-pyrrole nitrogens is 1. The predicted molar refractivity (Wildman–Crippen MR) is 139 cm³/mol. The number of aromatic nitrogens is 1. The number of rotatable bonds is 6. The third-order valence-electron chi connectivity index (χ3n) is 6.09. The van der Waals surface area contributed by atoms with Gasteiger partial charge >= 0.3 is 11.9 Å². The van der Waals surface area contributed by atoms with E-state index in [4.69, 9.17) is 18.9 Å². The summed E-state index contributed by atoms with van der Waals surface area (Å²) in [7, 11) is 2.73. The van der Waals surface area contributed by atoms with E-state index in [1.165, 1.54) is 26.4 Å². The third kappa shape index (κ3) is 5.68. The van der Waals surface area contributed by atoms with Crippen LogP contribution in [0.4, 0.5) is 0 Å². The van der Waals surface area contributed by atoms with E-state index in [0.29, 0.717) is 0 Å². The molecule has 0 radical (unpaired) electrons. The number of Topliss-reactive ketones (excluding diaryl/α,β-unsaturated/α-hetero) is 2. The third-order valence-corrected chi connectivity index (χ3v) is 6.09. The predicted octanol–water partition coefficient (Wildman–Crippen LogP) is 4.07. The Hall–Kier alpha value is -3.43. The lowest BCUT2D eigenvalue weighted by Crippen LogP contribution is -2.43. The lowest BCUT2D eigenvalue weighted by Gasteiger charge is -2.32. The summed E-state index contributed by atoms with van der Waals surface area (Å²) in [5.41, 5.74) is -3.96. The van der Waals surface area contributed by atoms with E-state index in [1.54, 1.807) is 41.5 Å². The molecule has 2 aliphatic rings. The highest BCUT2D eigenvalue weighted by Gasteiger charge is 2.55. The molecule has 1 unspecified atom stereocenters. The van der Waals surface area contributed by atoms with Crippen molar-refractivity contribution in [2.45, 2.75) is 85.0 Å². The molecule has 208 valence electrons. The number of ether oxygens (including phenoxy) is 4. The fraction of sp³-hybridized carbons (Fsp3) is 0.607. The van der Waals surface area contributed by atoms with Gasteiger partial charge in [-0.25, -0.2) is 9.59 Å². The fourth-order valence-corrected chi connectivity index (χ4v) is 4.67. The van der Waals surface area contributed by atoms with Crippen molar-refractivity contribution in [3.05, 3.63) is 29.3 Å². The number of nitrogens with zero attached hydrogens (tertiary/aromatic N) is 1. The van der Waals surface area contributed by atoms with Crippen LogP contribution in [0.1, 0.15) is 84.4 Å². The maximum absolute atomic E-state index is 13.9. The van der Waals surface area contributed by atoms with Gasteiger partial charge in [-0.15, -0.1) is 0 Å². The highest BCUT2D eigenvalue weighted by Crippen LogP contribution is 2.45. The molecular weight excluding hydrogens is 492 g/mol. The van der Waals surface area contributed by atoms with Crippen LogP contribution in [0.2, 0.25) is 0 Å². The summed E-state index contributed by atoms with van der Waals surface area (Å²) in [4.78, 5) is 60.6. The molecule has 1 aromatic rings. The highest BCUT2D eigenvalue weighted by molar-refractivity contribution is 6.27. The van der Waals surface area contributed by atoms with Gasteiger partial charge in [0.1, 0.15) is 34.4 Å². The largest absolute Gasteiger partial charge is 0.497 e. The Kier molecular flexibility index (Phi) is 7.44. The number of aliphatic imine (C=N–C) groups is 1. The van der Waals surface area contributed by atoms with Crippen LogP contribution < -0.4 is 4.74 Å². The highest BCUT2D eigenvalue weighted by atomic mass is 16.6. The van der Waals surface area contributed by atoms with Gasteiger partial charge in [-0.2, -0.15) is 0 Å². The van der Waals surface area contributed by atoms with Gasteiger partial charge in [0.15, 0.2) is 11.4 Å². The van der Waals surface area contributed by atoms with Crippen molar-refractivity contribution in [1.29, 1.82) is 0 Å². The summed E-state index contributed by atoms with van der Waals surface area (Å²) in [6, 6.07) is 1.44. The molecule has 0 saturated heterocycles. The number of aromatic amines is 1. The van der Waals surface area contributed by atoms with Crippen molar-refractivity contribution in [2.75, 3.05) is 14.2 Å². The smallest absolute Gasteiger partial charge is 0.359 e. The van der Waals surface area contributed by atoms with Crippen molar-refractivity contribution in [1.82, 2.24) is 4.98 Å². The zero-order valence-corrected chi connectivity index (χ0v) is 23.9. The molecule has 38 heavy (non-hydrogen) atoms. The van der Waals surface area contributed by atoms with Crippen LogP contribution in [0, 0.1) is 11.3 Å². The second-order valence-corrected chi connectivity index (χ2v) is 12.5. The summed E-state index contributed by atoms with van der Waals surface area (Å²) >= 11 is 0. The first-order valence-corrected chi connectivity index (χ1v) is 12.5. The summed E-state index contributed by atoms with van der Waals surface area (Å²) in [5, 5.41) is 0. The lowest BCUT2D eigenvalue weighted by atomic mass is 9.70. The number of methoxy groups -OCH3 is 2. The Morgan fingerprint density at radius 1 is 0.947 bits per heavy atom. The fourth-order valence-electron chi connectivity index (χ4n) is 4.67. The van der Waals surface area contributed by atoms with E-state index in [9.17, 15) is 19.2 Å². The average Bonchev–Trinajstić information content (AvgIpc) is 3.32. The van der Waals surface area contributed by atoms with Crippen LogP contribution in [-0.2, 0) is 34.1 Å². The van der Waals surface area contributed by atoms with Gasteiger partial charge in [0, 0.05) is 25.0 Å². The number of carbonyl (C=O) groups excluding carboxylic acids is 4. The molecule has 0 bridgehead atoms. The van der Waals surface area contributed by atoms with Crippen LogP contribution in [0.15, 0.2) is 22.9 Å². The van der Waals surface area contributed by atoms with Gasteiger partial charge in [0.05, 0.1) is 25.6 Å². The number of nitrogens with one attached hydrogen (secondary N) is 1. The first kappa shape index (κ1) is 29.1. The van der Waals surface area contributed by atoms with Gasteiger partial charge in [-0.05, 0) is 47.0 Å². The van der Waals surface area contributed by atoms with Crippen LogP contribution in [-0.4, -0.2) is 59.6 Å². The van der Waals surface area contributed by atoms with Gasteiger partial charge in [0.2, 0.25) is 0 Å². The Morgan fingerprint density at radius 3 is 1.97 bits per heavy atom. The zero-order chi connectivity index (χ0) is 28.8. The number of esters is 2. The van der Waals surface area contributed by atoms with Crippen molar-refractivity contribution in [3.63, 3.8) is 0 Å². The number of carbonyl (C=O) groups is 4. The van der Waals surface area contributed by atoms with Crippen LogP contribution in [0.3, 0.4) is 0 Å². The number of hydrogen-bond acceptors (Lipinski definition) is 9. The van der Waals surface area contributed by atoms with E-state index >= 15 is 0 Å². The quantitative estimate of drug-likeness (QED) is 0.430. The standard InChI is InChI=1S/C28H38N2O8/c1-25(2,3)37-23(33)22-18(35-9)12-19(29-22)28(24(34)38-26(4,5)6)20(36-10)11-15(30-28)21-16(31)13-27(7,8)14-17(21)32/h11-12,21,29H,13-14H2,1-10H3. The first-order chi connectivity index (χ1) is 17.3. The van der Waals surface area contributed by atoms with Gasteiger partial charge < -0.3 is 23.9 Å². The maximum atomic E-state index is 13.9. The molecule has 1 fully saturated rings. The minimum absolute atomic E-state index is 0.0341. The molecule has 3 rings (SSSR count). The van der Waals surface area contributed by atoms with E-state index in [2.05, 4.69) is 9.98 Å². The molecule has 0 spiro atoms. The number of hydrogen-bond donors (Lipinski definition) is 1. The summed E-state index contributed by atoms with van der Waals surface area (Å²) < 4.78 is 22.3. The van der Waals surface area contributed by atoms with Crippen LogP contribution in [0.25, 0.3) is 0 Å². The first-order valence-electron chi connectivity index (χ1n) is 12.5. The summed E-state index contributed by atoms with van der Waals surface area (Å²) in [5.74, 6) is -3.08. The Labute approximate surface area is 223 Å². The molecular formula is C28H38N2O8. The van der Waals surface area contributed by atoms with Gasteiger partial charge in [0.25, 0.3) is 5.54 Å². The molecule has 10 heteroatoms. The molecule has 10 nitrogen and oxygen atoms in total. The summed E-state index contributed by atoms with van der Waals surface area (Å²) in [6.07, 6.45) is 1.82. The van der Waals surface area contributed by atoms with Gasteiger partial charge in [-0.1, -0.05) is 13.8 Å². The molecule has 1 aliphatic carbocycles. The summed E-state index contributed by atoms with van der Waals surface area (Å²) in [6.45, 7) is 14.0. The molecule has 1 aromatic heterocycles. The molecule has 1 saturated carbocycles. The normalized spacial score (nSPS) is 22.1. The van der Waals surface area contributed by atoms with E-state index in [-0.39, 0.29) is 53.0 Å². The van der Waals surface area contributed by atoms with Gasteiger partial charge in [-0.3, -0.25) is 14.6 Å². The zero-order valence-electron chi connectivity index (χ0n) is 23.9. The monoisotopic (exact) mass is 530 g/mol. The maximum Gasteiger partial charge on any atom is 0.359 e. The molecule has 2 heterocycles. The lowest BCUT2D eigenvalue weighted by molar-refractivity contribution is -0.161. The minimum Gasteiger partial charge on any atom is -0.497 e. The van der Waals surface area contributed by atoms with E-state index < -0.39 is 40.0 Å². The Balaban J connectivity index is 2.22. The minimum atomic E-state index is -1.96. The van der Waals surface area contributed by atoms with Crippen molar-refractivity contribution >= 4 is 29.2 Å². The van der Waals surface area contributed by atoms with E-state index in [1.807, 2.05) is 13.8 Å². The average molecular weight is 531 g/mol. The number of ketones is 2. The van der Waals surface area contributed by atoms with Crippen molar-refractivity contribution < 1.29 is 38.1 Å². The van der Waals surface area contributed by atoms with E-state index in [0.717, 1.165) is 0 Å². The van der Waals surface area contributed by atoms with Crippen LogP contribution >= 0.6 is 0 Å². The van der Waals surface area contributed by atoms with Crippen molar-refractivity contribution in [3.8, 4) is 5.75 Å². The molecule has 1 aliphatic heterocycles. The second-order valence-electron chi connectivity index (χ2n) is 12.5. The SMILES string of the molecule is COC1=CC(C2C(=O)CC(C)(C)CC2=O)=NC1(C(=O)OC(C)(C)C)c1cc(OC)c(C(=O)OC(C)(C)C)[nH]1. The Bertz CT molecular complexity index is 1200. The van der Waals surface area contributed by atoms with Crippen molar-refractivity contribution in [2.24, 2.45) is 16.3 Å².